The van der Waals surface area contributed by atoms with E-state index in [2.05, 4.69) is 62.7 Å². The molecule has 1 heterocycles. The molecular formula is C15H22BrN3O. The van der Waals surface area contributed by atoms with Crippen LogP contribution in [0.4, 0.5) is 0 Å². The molecule has 0 radical (unpaired) electrons. The number of likely N-dealkylation sites (N-methyl/N-ethyl adjacent to an activating group) is 1. The van der Waals surface area contributed by atoms with E-state index < -0.39 is 0 Å². The van der Waals surface area contributed by atoms with Crippen LogP contribution in [0.1, 0.15) is 24.9 Å². The first-order valence-corrected chi connectivity index (χ1v) is 7.90. The Morgan fingerprint density at radius 2 is 2.20 bits per heavy atom. The molecule has 2 unspecified atom stereocenters. The van der Waals surface area contributed by atoms with E-state index in [1.54, 1.807) is 7.05 Å². The van der Waals surface area contributed by atoms with Gasteiger partial charge in [-0.2, -0.15) is 0 Å². The summed E-state index contributed by atoms with van der Waals surface area (Å²) in [6, 6.07) is 8.60. The minimum Gasteiger partial charge on any atom is -0.358 e. The van der Waals surface area contributed by atoms with Gasteiger partial charge >= 0.3 is 0 Å². The number of hydrogen-bond acceptors (Lipinski definition) is 3. The topological polar surface area (TPSA) is 44.4 Å². The van der Waals surface area contributed by atoms with E-state index in [0.29, 0.717) is 6.54 Å². The predicted octanol–water partition coefficient (Wildman–Crippen LogP) is 1.92. The lowest BCUT2D eigenvalue weighted by molar-refractivity contribution is -0.127. The molecule has 110 valence electrons. The summed E-state index contributed by atoms with van der Waals surface area (Å²) in [5.41, 5.74) is 1.27. The highest BCUT2D eigenvalue weighted by Crippen LogP contribution is 2.28. The van der Waals surface area contributed by atoms with Crippen molar-refractivity contribution in [1.82, 2.24) is 15.5 Å². The van der Waals surface area contributed by atoms with Crippen LogP contribution in [0.25, 0.3) is 0 Å². The average Bonchev–Trinajstić information content (AvgIpc) is 2.49. The van der Waals surface area contributed by atoms with Crippen molar-refractivity contribution < 1.29 is 4.79 Å². The molecule has 1 aromatic carbocycles. The van der Waals surface area contributed by atoms with Crippen molar-refractivity contribution >= 4 is 21.8 Å². The molecule has 1 aliphatic rings. The molecule has 2 N–H and O–H groups in total. The van der Waals surface area contributed by atoms with E-state index in [-0.39, 0.29) is 18.0 Å². The highest BCUT2D eigenvalue weighted by molar-refractivity contribution is 9.10. The summed E-state index contributed by atoms with van der Waals surface area (Å²) in [6.45, 7) is 4.72. The van der Waals surface area contributed by atoms with Crippen molar-refractivity contribution in [3.8, 4) is 0 Å². The molecule has 0 bridgehead atoms. The summed E-state index contributed by atoms with van der Waals surface area (Å²) in [5, 5.41) is 6.09. The van der Waals surface area contributed by atoms with E-state index in [9.17, 15) is 4.79 Å². The summed E-state index contributed by atoms with van der Waals surface area (Å²) in [5.74, 6) is 0.0905. The summed E-state index contributed by atoms with van der Waals surface area (Å²) in [4.78, 5) is 14.4. The number of benzene rings is 1. The van der Waals surface area contributed by atoms with Crippen molar-refractivity contribution in [3.05, 3.63) is 34.3 Å². The predicted molar refractivity (Wildman–Crippen MR) is 84.6 cm³/mol. The van der Waals surface area contributed by atoms with Crippen LogP contribution in [-0.2, 0) is 4.79 Å². The van der Waals surface area contributed by atoms with Gasteiger partial charge in [-0.3, -0.25) is 9.69 Å². The van der Waals surface area contributed by atoms with Crippen LogP contribution in [0.3, 0.4) is 0 Å². The molecule has 1 aliphatic heterocycles. The lowest BCUT2D eigenvalue weighted by Crippen LogP contribution is -2.58. The van der Waals surface area contributed by atoms with E-state index in [4.69, 9.17) is 0 Å². The van der Waals surface area contributed by atoms with Crippen LogP contribution in [-0.4, -0.2) is 43.5 Å². The van der Waals surface area contributed by atoms with Gasteiger partial charge < -0.3 is 10.6 Å². The van der Waals surface area contributed by atoms with E-state index >= 15 is 0 Å². The van der Waals surface area contributed by atoms with Gasteiger partial charge in [0.25, 0.3) is 0 Å². The zero-order valence-electron chi connectivity index (χ0n) is 12.0. The molecule has 0 aromatic heterocycles. The van der Waals surface area contributed by atoms with E-state index in [1.165, 1.54) is 5.56 Å². The lowest BCUT2D eigenvalue weighted by atomic mass is 9.99. The molecule has 5 heteroatoms. The van der Waals surface area contributed by atoms with Crippen molar-refractivity contribution in [2.75, 3.05) is 26.7 Å². The Morgan fingerprint density at radius 3 is 2.80 bits per heavy atom. The summed E-state index contributed by atoms with van der Waals surface area (Å²) in [7, 11) is 1.70. The molecule has 1 fully saturated rings. The van der Waals surface area contributed by atoms with E-state index in [1.807, 2.05) is 0 Å². The van der Waals surface area contributed by atoms with Gasteiger partial charge in [0.1, 0.15) is 6.04 Å². The number of halogens is 1. The molecule has 1 aromatic rings. The van der Waals surface area contributed by atoms with Crippen LogP contribution in [0.5, 0.6) is 0 Å². The maximum absolute atomic E-state index is 12.1. The minimum atomic E-state index is -0.0950. The van der Waals surface area contributed by atoms with Crippen LogP contribution in [0.15, 0.2) is 28.7 Å². The van der Waals surface area contributed by atoms with Crippen LogP contribution >= 0.6 is 15.9 Å². The number of amides is 1. The number of rotatable bonds is 4. The third-order valence-electron chi connectivity index (χ3n) is 3.88. The Bertz CT molecular complexity index is 449. The number of carbonyl (C=O) groups excluding carboxylic acids is 1. The SMILES string of the molecule is CCC(c1ccc(Br)cc1)N1CCNCC1C(=O)NC. The Balaban J connectivity index is 2.23. The van der Waals surface area contributed by atoms with E-state index in [0.717, 1.165) is 24.0 Å². The second-order valence-electron chi connectivity index (χ2n) is 5.05. The zero-order valence-corrected chi connectivity index (χ0v) is 13.6. The number of piperazine rings is 1. The Labute approximate surface area is 129 Å². The minimum absolute atomic E-state index is 0.0905. The monoisotopic (exact) mass is 339 g/mol. The van der Waals surface area contributed by atoms with Crippen molar-refractivity contribution in [2.24, 2.45) is 0 Å². The second kappa shape index (κ2) is 7.20. The van der Waals surface area contributed by atoms with Crippen LogP contribution in [0.2, 0.25) is 0 Å². The highest BCUT2D eigenvalue weighted by atomic mass is 79.9. The standard InChI is InChI=1S/C15H22BrN3O/c1-3-13(11-4-6-12(16)7-5-11)19-9-8-18-10-14(19)15(20)17-2/h4-7,13-14,18H,3,8-10H2,1-2H3,(H,17,20). The first kappa shape index (κ1) is 15.5. The van der Waals surface area contributed by atoms with Crippen molar-refractivity contribution in [3.63, 3.8) is 0 Å². The second-order valence-corrected chi connectivity index (χ2v) is 5.96. The Morgan fingerprint density at radius 1 is 1.50 bits per heavy atom. The molecule has 2 rings (SSSR count). The summed E-state index contributed by atoms with van der Waals surface area (Å²) in [6.07, 6.45) is 0.995. The van der Waals surface area contributed by atoms with Gasteiger partial charge in [0, 0.05) is 37.2 Å². The normalized spacial score (nSPS) is 21.4. The van der Waals surface area contributed by atoms with Crippen LogP contribution < -0.4 is 10.6 Å². The third-order valence-corrected chi connectivity index (χ3v) is 4.40. The molecule has 0 spiro atoms. The fraction of sp³-hybridized carbons (Fsp3) is 0.533. The molecule has 0 saturated carbocycles. The van der Waals surface area contributed by atoms with Crippen LogP contribution in [0, 0.1) is 0 Å². The maximum atomic E-state index is 12.1. The Hall–Kier alpha value is -0.910. The first-order valence-electron chi connectivity index (χ1n) is 7.11. The van der Waals surface area contributed by atoms with Gasteiger partial charge in [0.2, 0.25) is 5.91 Å². The molecule has 1 saturated heterocycles. The molecule has 4 nitrogen and oxygen atoms in total. The zero-order chi connectivity index (χ0) is 14.5. The smallest absolute Gasteiger partial charge is 0.238 e. The fourth-order valence-corrected chi connectivity index (χ4v) is 3.11. The molecule has 20 heavy (non-hydrogen) atoms. The van der Waals surface area contributed by atoms with Gasteiger partial charge in [-0.25, -0.2) is 0 Å². The summed E-state index contributed by atoms with van der Waals surface area (Å²) >= 11 is 3.47. The molecule has 1 amide bonds. The number of nitrogens with zero attached hydrogens (tertiary/aromatic N) is 1. The van der Waals surface area contributed by atoms with Gasteiger partial charge in [0.05, 0.1) is 0 Å². The van der Waals surface area contributed by atoms with Gasteiger partial charge in [-0.05, 0) is 24.1 Å². The maximum Gasteiger partial charge on any atom is 0.238 e. The quantitative estimate of drug-likeness (QED) is 0.880. The first-order chi connectivity index (χ1) is 9.67. The third kappa shape index (κ3) is 3.40. The molecular weight excluding hydrogens is 318 g/mol. The largest absolute Gasteiger partial charge is 0.358 e. The van der Waals surface area contributed by atoms with Gasteiger partial charge in [-0.1, -0.05) is 35.0 Å². The van der Waals surface area contributed by atoms with Gasteiger partial charge in [-0.15, -0.1) is 0 Å². The fourth-order valence-electron chi connectivity index (χ4n) is 2.85. The number of nitrogens with one attached hydrogen (secondary N) is 2. The molecule has 2 atom stereocenters. The molecule has 0 aliphatic carbocycles. The summed E-state index contributed by atoms with van der Waals surface area (Å²) < 4.78 is 1.08. The highest BCUT2D eigenvalue weighted by Gasteiger charge is 2.32. The number of hydrogen-bond donors (Lipinski definition) is 2. The van der Waals surface area contributed by atoms with Gasteiger partial charge in [0.15, 0.2) is 0 Å². The lowest BCUT2D eigenvalue weighted by Gasteiger charge is -2.40. The van der Waals surface area contributed by atoms with Crippen molar-refractivity contribution in [2.45, 2.75) is 25.4 Å². The average molecular weight is 340 g/mol. The Kier molecular flexibility index (Phi) is 5.57. The van der Waals surface area contributed by atoms with Crippen molar-refractivity contribution in [1.29, 1.82) is 0 Å². The number of carbonyl (C=O) groups is 1.